The van der Waals surface area contributed by atoms with E-state index < -0.39 is 0 Å². The molecule has 0 aromatic rings. The normalized spacial score (nSPS) is 34.8. The topological polar surface area (TPSA) is 15.3 Å². The zero-order valence-electron chi connectivity index (χ0n) is 7.22. The lowest BCUT2D eigenvalue weighted by molar-refractivity contribution is 0.212. The highest BCUT2D eigenvalue weighted by Gasteiger charge is 2.18. The Balaban J connectivity index is 2.32. The van der Waals surface area contributed by atoms with Crippen molar-refractivity contribution in [3.8, 4) is 0 Å². The third-order valence-corrected chi connectivity index (χ3v) is 2.33. The lowest BCUT2D eigenvalue weighted by Crippen LogP contribution is -2.44. The van der Waals surface area contributed by atoms with Crippen LogP contribution in [0.3, 0.4) is 0 Å². The summed E-state index contributed by atoms with van der Waals surface area (Å²) in [5.74, 6) is 0. The first-order valence-electron chi connectivity index (χ1n) is 4.10. The van der Waals surface area contributed by atoms with Crippen molar-refractivity contribution in [2.45, 2.75) is 31.8 Å². The Morgan fingerprint density at radius 2 is 2.10 bits per heavy atom. The highest BCUT2D eigenvalue weighted by molar-refractivity contribution is 4.79. The summed E-state index contributed by atoms with van der Waals surface area (Å²) >= 11 is 0. The fourth-order valence-corrected chi connectivity index (χ4v) is 1.57. The maximum absolute atomic E-state index is 3.44. The van der Waals surface area contributed by atoms with Gasteiger partial charge < -0.3 is 10.2 Å². The highest BCUT2D eigenvalue weighted by atomic mass is 15.1. The number of rotatable bonds is 1. The van der Waals surface area contributed by atoms with E-state index in [1.165, 1.54) is 19.4 Å². The molecule has 1 heterocycles. The fourth-order valence-electron chi connectivity index (χ4n) is 1.57. The van der Waals surface area contributed by atoms with E-state index in [1.54, 1.807) is 0 Å². The monoisotopic (exact) mass is 142 g/mol. The first-order valence-corrected chi connectivity index (χ1v) is 4.10. The summed E-state index contributed by atoms with van der Waals surface area (Å²) in [5, 5.41) is 3.44. The molecule has 1 aliphatic rings. The summed E-state index contributed by atoms with van der Waals surface area (Å²) in [4.78, 5) is 2.33. The minimum Gasteiger partial charge on any atom is -0.314 e. The van der Waals surface area contributed by atoms with Crippen molar-refractivity contribution in [2.24, 2.45) is 0 Å². The molecule has 0 saturated carbocycles. The van der Waals surface area contributed by atoms with Crippen LogP contribution in [-0.2, 0) is 0 Å². The molecule has 60 valence electrons. The van der Waals surface area contributed by atoms with Gasteiger partial charge in [0, 0.05) is 12.1 Å². The Labute approximate surface area is 63.6 Å². The van der Waals surface area contributed by atoms with E-state index in [0.29, 0.717) is 6.04 Å². The van der Waals surface area contributed by atoms with Crippen LogP contribution in [0.4, 0.5) is 0 Å². The Morgan fingerprint density at radius 3 is 2.50 bits per heavy atom. The third kappa shape index (κ3) is 1.96. The maximum atomic E-state index is 3.44. The average molecular weight is 142 g/mol. The Hall–Kier alpha value is -0.0800. The smallest absolute Gasteiger partial charge is 0.0116 e. The third-order valence-electron chi connectivity index (χ3n) is 2.33. The Bertz CT molecular complexity index is 101. The molecule has 2 heteroatoms. The van der Waals surface area contributed by atoms with E-state index in [2.05, 4.69) is 31.2 Å². The van der Waals surface area contributed by atoms with Gasteiger partial charge in [0.2, 0.25) is 0 Å². The summed E-state index contributed by atoms with van der Waals surface area (Å²) in [6.45, 7) is 3.44. The molecule has 0 aromatic heterocycles. The summed E-state index contributed by atoms with van der Waals surface area (Å²) in [7, 11) is 4.34. The summed E-state index contributed by atoms with van der Waals surface area (Å²) in [5.41, 5.74) is 0. The van der Waals surface area contributed by atoms with Crippen LogP contribution in [0.1, 0.15) is 19.8 Å². The molecule has 0 bridgehead atoms. The number of nitrogens with one attached hydrogen (secondary N) is 1. The molecule has 1 fully saturated rings. The second-order valence-electron chi connectivity index (χ2n) is 3.50. The molecule has 10 heavy (non-hydrogen) atoms. The first-order chi connectivity index (χ1) is 4.70. The quantitative estimate of drug-likeness (QED) is 0.579. The van der Waals surface area contributed by atoms with Crippen molar-refractivity contribution in [3.05, 3.63) is 0 Å². The van der Waals surface area contributed by atoms with E-state index in [4.69, 9.17) is 0 Å². The largest absolute Gasteiger partial charge is 0.314 e. The van der Waals surface area contributed by atoms with Gasteiger partial charge in [-0.15, -0.1) is 0 Å². The van der Waals surface area contributed by atoms with Gasteiger partial charge in [-0.05, 0) is 40.4 Å². The number of piperidine rings is 1. The standard InChI is InChI=1S/C8H18N2/c1-7-6-8(10(2)3)4-5-9-7/h7-9H,4-6H2,1-3H3/t7-,8-/m1/s1. The van der Waals surface area contributed by atoms with E-state index in [9.17, 15) is 0 Å². The maximum Gasteiger partial charge on any atom is 0.0116 e. The van der Waals surface area contributed by atoms with Crippen LogP contribution in [0.5, 0.6) is 0 Å². The van der Waals surface area contributed by atoms with E-state index >= 15 is 0 Å². The molecule has 1 aliphatic heterocycles. The number of nitrogens with zero attached hydrogens (tertiary/aromatic N) is 1. The molecule has 1 N–H and O–H groups in total. The van der Waals surface area contributed by atoms with Gasteiger partial charge in [0.15, 0.2) is 0 Å². The fraction of sp³-hybridized carbons (Fsp3) is 1.00. The zero-order chi connectivity index (χ0) is 7.56. The minimum atomic E-state index is 0.709. The van der Waals surface area contributed by atoms with Crippen LogP contribution in [-0.4, -0.2) is 37.6 Å². The van der Waals surface area contributed by atoms with Crippen molar-refractivity contribution < 1.29 is 0 Å². The van der Waals surface area contributed by atoms with Crippen LogP contribution < -0.4 is 5.32 Å². The summed E-state index contributed by atoms with van der Waals surface area (Å²) < 4.78 is 0. The molecule has 2 atom stereocenters. The number of hydrogen-bond acceptors (Lipinski definition) is 2. The van der Waals surface area contributed by atoms with Gasteiger partial charge in [0.1, 0.15) is 0 Å². The molecule has 0 amide bonds. The van der Waals surface area contributed by atoms with Crippen LogP contribution in [0.25, 0.3) is 0 Å². The molecule has 0 aliphatic carbocycles. The molecule has 0 spiro atoms. The predicted octanol–water partition coefficient (Wildman–Crippen LogP) is 0.688. The van der Waals surface area contributed by atoms with Gasteiger partial charge in [-0.2, -0.15) is 0 Å². The zero-order valence-corrected chi connectivity index (χ0v) is 7.22. The van der Waals surface area contributed by atoms with Crippen molar-refractivity contribution >= 4 is 0 Å². The van der Waals surface area contributed by atoms with Crippen LogP contribution >= 0.6 is 0 Å². The summed E-state index contributed by atoms with van der Waals surface area (Å²) in [6.07, 6.45) is 2.60. The van der Waals surface area contributed by atoms with Gasteiger partial charge in [-0.3, -0.25) is 0 Å². The van der Waals surface area contributed by atoms with Gasteiger partial charge in [0.05, 0.1) is 0 Å². The molecular weight excluding hydrogens is 124 g/mol. The van der Waals surface area contributed by atoms with Crippen LogP contribution in [0, 0.1) is 0 Å². The summed E-state index contributed by atoms with van der Waals surface area (Å²) in [6, 6.07) is 1.51. The van der Waals surface area contributed by atoms with Gasteiger partial charge in [-0.1, -0.05) is 0 Å². The molecule has 0 unspecified atom stereocenters. The van der Waals surface area contributed by atoms with Gasteiger partial charge >= 0.3 is 0 Å². The molecule has 1 saturated heterocycles. The van der Waals surface area contributed by atoms with Crippen LogP contribution in [0.2, 0.25) is 0 Å². The molecule has 1 rings (SSSR count). The average Bonchev–Trinajstić information content (AvgIpc) is 1.88. The highest BCUT2D eigenvalue weighted by Crippen LogP contribution is 2.11. The second-order valence-corrected chi connectivity index (χ2v) is 3.50. The molecule has 2 nitrogen and oxygen atoms in total. The van der Waals surface area contributed by atoms with Crippen molar-refractivity contribution in [2.75, 3.05) is 20.6 Å². The first kappa shape index (κ1) is 8.02. The van der Waals surface area contributed by atoms with Crippen molar-refractivity contribution in [1.29, 1.82) is 0 Å². The van der Waals surface area contributed by atoms with E-state index in [0.717, 1.165) is 6.04 Å². The lowest BCUT2D eigenvalue weighted by Gasteiger charge is -2.32. The molecular formula is C8H18N2. The van der Waals surface area contributed by atoms with Gasteiger partial charge in [0.25, 0.3) is 0 Å². The van der Waals surface area contributed by atoms with E-state index in [-0.39, 0.29) is 0 Å². The lowest BCUT2D eigenvalue weighted by atomic mass is 10.00. The van der Waals surface area contributed by atoms with Crippen molar-refractivity contribution in [1.82, 2.24) is 10.2 Å². The van der Waals surface area contributed by atoms with Gasteiger partial charge in [-0.25, -0.2) is 0 Å². The number of hydrogen-bond donors (Lipinski definition) is 1. The van der Waals surface area contributed by atoms with Crippen LogP contribution in [0.15, 0.2) is 0 Å². The predicted molar refractivity (Wildman–Crippen MR) is 44.2 cm³/mol. The van der Waals surface area contributed by atoms with E-state index in [1.807, 2.05) is 0 Å². The molecule has 0 aromatic carbocycles. The second kappa shape index (κ2) is 3.35. The Morgan fingerprint density at radius 1 is 1.40 bits per heavy atom. The molecule has 0 radical (unpaired) electrons. The SMILES string of the molecule is C[C@@H]1C[C@H](N(C)C)CCN1. The minimum absolute atomic E-state index is 0.709. The van der Waals surface area contributed by atoms with Crippen molar-refractivity contribution in [3.63, 3.8) is 0 Å². The Kier molecular flexibility index (Phi) is 2.69.